The average Bonchev–Trinajstić information content (AvgIpc) is 2.25. The Morgan fingerprint density at radius 3 is 1.31 bits per heavy atom. The molecule has 0 aromatic carbocycles. The molecule has 0 saturated carbocycles. The molecule has 0 aliphatic rings. The number of aliphatic hydroxyl groups is 1. The second-order valence-corrected chi connectivity index (χ2v) is 5.19. The standard InChI is InChI=1S/C11H22O.C3H8O/c1-7(2)9(5)11(12)10(6)8(3)4;1-2-3-4/h7-10H,1-6H3;4H,2-3H2,1H3. The molecule has 2 nitrogen and oxygen atoms in total. The van der Waals surface area contributed by atoms with Crippen LogP contribution in [0.5, 0.6) is 0 Å². The number of carbonyl (C=O) groups excluding carboxylic acids is 1. The number of carbonyl (C=O) groups is 1. The number of hydrogen-bond donors (Lipinski definition) is 1. The van der Waals surface area contributed by atoms with Gasteiger partial charge in [0.15, 0.2) is 0 Å². The minimum atomic E-state index is 0.211. The third kappa shape index (κ3) is 7.86. The summed E-state index contributed by atoms with van der Waals surface area (Å²) in [7, 11) is 0. The fraction of sp³-hybridized carbons (Fsp3) is 0.929. The average molecular weight is 230 g/mol. The predicted octanol–water partition coefficient (Wildman–Crippen LogP) is 3.53. The van der Waals surface area contributed by atoms with E-state index in [0.717, 1.165) is 6.42 Å². The van der Waals surface area contributed by atoms with Crippen molar-refractivity contribution in [1.82, 2.24) is 0 Å². The van der Waals surface area contributed by atoms with Crippen LogP contribution in [0.4, 0.5) is 0 Å². The smallest absolute Gasteiger partial charge is 0.138 e. The van der Waals surface area contributed by atoms with Crippen molar-refractivity contribution in [3.63, 3.8) is 0 Å². The molecule has 0 saturated heterocycles. The summed E-state index contributed by atoms with van der Waals surface area (Å²) in [6, 6.07) is 0. The lowest BCUT2D eigenvalue weighted by molar-refractivity contribution is -0.128. The third-order valence-electron chi connectivity index (χ3n) is 3.12. The molecule has 16 heavy (non-hydrogen) atoms. The van der Waals surface area contributed by atoms with Gasteiger partial charge in [0.1, 0.15) is 5.78 Å². The van der Waals surface area contributed by atoms with Gasteiger partial charge in [-0.2, -0.15) is 0 Å². The molecule has 2 atom stereocenters. The first-order chi connectivity index (χ1) is 7.29. The molecule has 2 unspecified atom stereocenters. The van der Waals surface area contributed by atoms with Gasteiger partial charge in [-0.15, -0.1) is 0 Å². The van der Waals surface area contributed by atoms with Crippen LogP contribution >= 0.6 is 0 Å². The first-order valence-corrected chi connectivity index (χ1v) is 6.44. The Morgan fingerprint density at radius 2 is 1.19 bits per heavy atom. The molecule has 0 fully saturated rings. The molecule has 0 rings (SSSR count). The first kappa shape index (κ1) is 18.0. The quantitative estimate of drug-likeness (QED) is 0.784. The van der Waals surface area contributed by atoms with Crippen LogP contribution < -0.4 is 0 Å². The van der Waals surface area contributed by atoms with E-state index in [9.17, 15) is 4.79 Å². The number of aliphatic hydroxyl groups excluding tert-OH is 1. The zero-order valence-electron chi connectivity index (χ0n) is 12.1. The van der Waals surface area contributed by atoms with Crippen LogP contribution in [0.25, 0.3) is 0 Å². The summed E-state index contributed by atoms with van der Waals surface area (Å²) in [5, 5.41) is 7.88. The minimum Gasteiger partial charge on any atom is -0.396 e. The van der Waals surface area contributed by atoms with Crippen LogP contribution in [-0.2, 0) is 4.79 Å². The lowest BCUT2D eigenvalue weighted by Gasteiger charge is -2.21. The lowest BCUT2D eigenvalue weighted by Crippen LogP contribution is -2.26. The van der Waals surface area contributed by atoms with Crippen molar-refractivity contribution >= 4 is 5.78 Å². The molecule has 0 aromatic rings. The van der Waals surface area contributed by atoms with Gasteiger partial charge in [0.05, 0.1) is 0 Å². The van der Waals surface area contributed by atoms with Crippen molar-refractivity contribution in [2.75, 3.05) is 6.61 Å². The van der Waals surface area contributed by atoms with Gasteiger partial charge in [-0.1, -0.05) is 48.5 Å². The van der Waals surface area contributed by atoms with E-state index < -0.39 is 0 Å². The largest absolute Gasteiger partial charge is 0.396 e. The highest BCUT2D eigenvalue weighted by molar-refractivity contribution is 5.83. The summed E-state index contributed by atoms with van der Waals surface area (Å²) in [5.74, 6) is 1.78. The van der Waals surface area contributed by atoms with E-state index in [4.69, 9.17) is 5.11 Å². The fourth-order valence-electron chi connectivity index (χ4n) is 1.07. The summed E-state index contributed by atoms with van der Waals surface area (Å²) in [5.41, 5.74) is 0. The molecule has 2 heteroatoms. The Balaban J connectivity index is 0. The predicted molar refractivity (Wildman–Crippen MR) is 70.4 cm³/mol. The molecule has 0 spiro atoms. The van der Waals surface area contributed by atoms with Gasteiger partial charge in [-0.05, 0) is 18.3 Å². The summed E-state index contributed by atoms with van der Waals surface area (Å²) >= 11 is 0. The van der Waals surface area contributed by atoms with Gasteiger partial charge >= 0.3 is 0 Å². The summed E-state index contributed by atoms with van der Waals surface area (Å²) in [4.78, 5) is 11.7. The molecule has 0 amide bonds. The minimum absolute atomic E-state index is 0.211. The Labute approximate surface area is 101 Å². The molecular formula is C14H30O2. The van der Waals surface area contributed by atoms with E-state index in [0.29, 0.717) is 24.2 Å². The van der Waals surface area contributed by atoms with E-state index in [2.05, 4.69) is 27.7 Å². The summed E-state index contributed by atoms with van der Waals surface area (Å²) in [6.45, 7) is 14.7. The van der Waals surface area contributed by atoms with Crippen LogP contribution in [0.1, 0.15) is 54.9 Å². The van der Waals surface area contributed by atoms with Gasteiger partial charge in [-0.3, -0.25) is 4.79 Å². The van der Waals surface area contributed by atoms with E-state index in [1.54, 1.807) is 0 Å². The number of ketones is 1. The Morgan fingerprint density at radius 1 is 0.938 bits per heavy atom. The van der Waals surface area contributed by atoms with Gasteiger partial charge in [0.25, 0.3) is 0 Å². The lowest BCUT2D eigenvalue weighted by atomic mass is 9.82. The normalized spacial score (nSPS) is 14.4. The molecule has 0 radical (unpaired) electrons. The van der Waals surface area contributed by atoms with Crippen molar-refractivity contribution in [2.45, 2.75) is 54.9 Å². The van der Waals surface area contributed by atoms with Crippen molar-refractivity contribution in [3.8, 4) is 0 Å². The second-order valence-electron chi connectivity index (χ2n) is 5.19. The van der Waals surface area contributed by atoms with Crippen molar-refractivity contribution in [2.24, 2.45) is 23.7 Å². The SMILES string of the molecule is CC(C)C(C)C(=O)C(C)C(C)C.CCCO. The van der Waals surface area contributed by atoms with Crippen LogP contribution in [0.2, 0.25) is 0 Å². The van der Waals surface area contributed by atoms with Crippen molar-refractivity contribution < 1.29 is 9.90 Å². The van der Waals surface area contributed by atoms with E-state index in [1.165, 1.54) is 0 Å². The van der Waals surface area contributed by atoms with Gasteiger partial charge in [0.2, 0.25) is 0 Å². The molecule has 0 aliphatic carbocycles. The monoisotopic (exact) mass is 230 g/mol. The molecule has 98 valence electrons. The topological polar surface area (TPSA) is 37.3 Å². The van der Waals surface area contributed by atoms with Crippen LogP contribution in [0.3, 0.4) is 0 Å². The van der Waals surface area contributed by atoms with Gasteiger partial charge in [-0.25, -0.2) is 0 Å². The van der Waals surface area contributed by atoms with Crippen LogP contribution in [0.15, 0.2) is 0 Å². The highest BCUT2D eigenvalue weighted by Crippen LogP contribution is 2.20. The van der Waals surface area contributed by atoms with Crippen LogP contribution in [0, 0.1) is 23.7 Å². The number of hydrogen-bond acceptors (Lipinski definition) is 2. The number of Topliss-reactive ketones (excluding diaryl/α,β-unsaturated/α-hetero) is 1. The molecule has 1 N–H and O–H groups in total. The van der Waals surface area contributed by atoms with Crippen molar-refractivity contribution in [3.05, 3.63) is 0 Å². The maximum absolute atomic E-state index is 11.7. The van der Waals surface area contributed by atoms with Crippen molar-refractivity contribution in [1.29, 1.82) is 0 Å². The zero-order chi connectivity index (χ0) is 13.3. The van der Waals surface area contributed by atoms with Gasteiger partial charge < -0.3 is 5.11 Å². The Hall–Kier alpha value is -0.370. The maximum atomic E-state index is 11.7. The summed E-state index contributed by atoms with van der Waals surface area (Å²) in [6.07, 6.45) is 0.875. The molecule has 0 bridgehead atoms. The highest BCUT2D eigenvalue weighted by Gasteiger charge is 2.24. The number of rotatable bonds is 5. The Bertz CT molecular complexity index is 156. The van der Waals surface area contributed by atoms with E-state index in [1.807, 2.05) is 20.8 Å². The Kier molecular flexibility index (Phi) is 11.1. The molecule has 0 heterocycles. The van der Waals surface area contributed by atoms with Gasteiger partial charge in [0, 0.05) is 18.4 Å². The molecule has 0 aromatic heterocycles. The fourth-order valence-corrected chi connectivity index (χ4v) is 1.07. The third-order valence-corrected chi connectivity index (χ3v) is 3.12. The second kappa shape index (κ2) is 9.83. The van der Waals surface area contributed by atoms with E-state index >= 15 is 0 Å². The molecular weight excluding hydrogens is 200 g/mol. The summed E-state index contributed by atoms with van der Waals surface area (Å²) < 4.78 is 0. The maximum Gasteiger partial charge on any atom is 0.138 e. The first-order valence-electron chi connectivity index (χ1n) is 6.44. The van der Waals surface area contributed by atoms with Crippen LogP contribution in [-0.4, -0.2) is 17.5 Å². The van der Waals surface area contributed by atoms with E-state index in [-0.39, 0.29) is 11.8 Å². The zero-order valence-corrected chi connectivity index (χ0v) is 12.1. The molecule has 0 aliphatic heterocycles. The highest BCUT2D eigenvalue weighted by atomic mass is 16.2.